The highest BCUT2D eigenvalue weighted by atomic mass is 32.1. The zero-order chi connectivity index (χ0) is 21.6. The average Bonchev–Trinajstić information content (AvgIpc) is 3.02. The quantitative estimate of drug-likeness (QED) is 0.327. The van der Waals surface area contributed by atoms with Crippen LogP contribution in [0.4, 0.5) is 5.13 Å². The lowest BCUT2D eigenvalue weighted by atomic mass is 10.2. The number of hydrogen-bond donors (Lipinski definition) is 1. The van der Waals surface area contributed by atoms with Crippen LogP contribution in [0, 0.1) is 11.8 Å². The number of esters is 2. The van der Waals surface area contributed by atoms with E-state index in [1.54, 1.807) is 39.8 Å². The number of ether oxygens (including phenoxy) is 2. The summed E-state index contributed by atoms with van der Waals surface area (Å²) in [5.41, 5.74) is 6.07. The van der Waals surface area contributed by atoms with Crippen molar-refractivity contribution in [3.63, 3.8) is 0 Å². The maximum atomic E-state index is 13.0. The van der Waals surface area contributed by atoms with Crippen LogP contribution in [-0.2, 0) is 32.7 Å². The van der Waals surface area contributed by atoms with Crippen molar-refractivity contribution in [1.82, 2.24) is 4.98 Å². The Bertz CT molecular complexity index is 884. The van der Waals surface area contributed by atoms with E-state index in [1.807, 2.05) is 0 Å². The van der Waals surface area contributed by atoms with Crippen LogP contribution in [0.3, 0.4) is 0 Å². The Balaban J connectivity index is 2.15. The topological polar surface area (TPSA) is 136 Å². The molecule has 160 valence electrons. The number of carbonyl (C=O) groups is 2. The number of rotatable bonds is 10. The van der Waals surface area contributed by atoms with Crippen LogP contribution < -0.4 is 10.3 Å². The molecule has 0 amide bonds. The Morgan fingerprint density at radius 3 is 2.14 bits per heavy atom. The summed E-state index contributed by atoms with van der Waals surface area (Å²) >= 11 is 1.22. The van der Waals surface area contributed by atoms with Gasteiger partial charge in [0.05, 0.1) is 16.5 Å². The van der Waals surface area contributed by atoms with Crippen LogP contribution in [0.5, 0.6) is 5.75 Å². The van der Waals surface area contributed by atoms with Crippen molar-refractivity contribution in [2.45, 2.75) is 27.7 Å². The molecule has 0 saturated heterocycles. The minimum Gasteiger partial charge on any atom is -0.438 e. The molecule has 0 bridgehead atoms. The van der Waals surface area contributed by atoms with E-state index in [2.05, 4.69) is 4.98 Å². The maximum Gasteiger partial charge on any atom is 0.536 e. The molecular weight excluding hydrogens is 423 g/mol. The minimum atomic E-state index is -4.34. The molecule has 0 aliphatic carbocycles. The number of nitrogens with zero attached hydrogens (tertiary/aromatic N) is 1. The van der Waals surface area contributed by atoms with E-state index in [1.165, 1.54) is 17.4 Å². The number of nitrogens with two attached hydrogens (primary N) is 1. The smallest absolute Gasteiger partial charge is 0.438 e. The Kier molecular flexibility index (Phi) is 7.97. The first kappa shape index (κ1) is 23.1. The van der Waals surface area contributed by atoms with Crippen molar-refractivity contribution in [3.8, 4) is 5.75 Å². The van der Waals surface area contributed by atoms with Gasteiger partial charge in [0.25, 0.3) is 0 Å². The zero-order valence-corrected chi connectivity index (χ0v) is 18.2. The second-order valence-electron chi connectivity index (χ2n) is 6.42. The molecule has 0 atom stereocenters. The van der Waals surface area contributed by atoms with Gasteiger partial charge in [0, 0.05) is 0 Å². The molecule has 10 nitrogen and oxygen atoms in total. The summed E-state index contributed by atoms with van der Waals surface area (Å²) in [6, 6.07) is 4.91. The second-order valence-corrected chi connectivity index (χ2v) is 9.08. The van der Waals surface area contributed by atoms with Crippen molar-refractivity contribution in [1.29, 1.82) is 0 Å². The van der Waals surface area contributed by atoms with E-state index < -0.39 is 45.2 Å². The summed E-state index contributed by atoms with van der Waals surface area (Å²) in [7, 11) is -4.34. The first-order valence-electron chi connectivity index (χ1n) is 8.68. The number of para-hydroxylation sites is 1. The third-order valence-corrected chi connectivity index (χ3v) is 5.49. The normalized spacial score (nSPS) is 11.8. The van der Waals surface area contributed by atoms with Crippen molar-refractivity contribution >= 4 is 46.4 Å². The number of fused-ring (bicyclic) bond motifs is 1. The molecule has 2 N–H and O–H groups in total. The first-order valence-corrected chi connectivity index (χ1v) is 11.0. The van der Waals surface area contributed by atoms with Crippen LogP contribution in [0.1, 0.15) is 27.7 Å². The van der Waals surface area contributed by atoms with Gasteiger partial charge in [-0.25, -0.2) is 18.6 Å². The van der Waals surface area contributed by atoms with E-state index >= 15 is 0 Å². The number of hydrogen-bond acceptors (Lipinski definition) is 11. The molecule has 0 unspecified atom stereocenters. The lowest BCUT2D eigenvalue weighted by Crippen LogP contribution is -2.17. The number of nitrogen functional groups attached to an aromatic ring is 1. The van der Waals surface area contributed by atoms with Crippen LogP contribution in [-0.4, -0.2) is 30.5 Å². The number of benzene rings is 1. The standard InChI is InChI=1S/C17H23N2O8PS/c1-10(2)15(20)23-8-25-28(22,26-9-24-16(21)11(3)4)27-12-6-5-7-13-14(12)19-17(18)29-13/h5-7,10-11H,8-9H2,1-4H3,(H2,18,19). The highest BCUT2D eigenvalue weighted by molar-refractivity contribution is 7.49. The van der Waals surface area contributed by atoms with Crippen molar-refractivity contribution < 1.29 is 37.2 Å². The molecule has 0 radical (unpaired) electrons. The molecule has 0 fully saturated rings. The highest BCUT2D eigenvalue weighted by Gasteiger charge is 2.32. The predicted octanol–water partition coefficient (Wildman–Crippen LogP) is 3.71. The van der Waals surface area contributed by atoms with Crippen LogP contribution in [0.15, 0.2) is 18.2 Å². The number of anilines is 1. The Morgan fingerprint density at radius 2 is 1.62 bits per heavy atom. The number of thiazole rings is 1. The second kappa shape index (κ2) is 10.0. The molecule has 2 rings (SSSR count). The number of aromatic nitrogens is 1. The Labute approximate surface area is 171 Å². The largest absolute Gasteiger partial charge is 0.536 e. The van der Waals surface area contributed by atoms with Gasteiger partial charge in [-0.3, -0.25) is 9.59 Å². The molecule has 12 heteroatoms. The molecular formula is C17H23N2O8PS. The first-order chi connectivity index (χ1) is 13.6. The highest BCUT2D eigenvalue weighted by Crippen LogP contribution is 2.51. The molecule has 1 heterocycles. The zero-order valence-electron chi connectivity index (χ0n) is 16.4. The van der Waals surface area contributed by atoms with Gasteiger partial charge in [0.15, 0.2) is 10.9 Å². The third kappa shape index (κ3) is 6.67. The van der Waals surface area contributed by atoms with Crippen LogP contribution in [0.25, 0.3) is 10.2 Å². The summed E-state index contributed by atoms with van der Waals surface area (Å²) < 4.78 is 39.0. The van der Waals surface area contributed by atoms with E-state index in [0.717, 1.165) is 0 Å². The molecule has 0 aliphatic heterocycles. The molecule has 29 heavy (non-hydrogen) atoms. The van der Waals surface area contributed by atoms with Gasteiger partial charge in [-0.15, -0.1) is 0 Å². The fraction of sp³-hybridized carbons (Fsp3) is 0.471. The maximum absolute atomic E-state index is 13.0. The third-order valence-electron chi connectivity index (χ3n) is 3.38. The molecule has 1 aromatic carbocycles. The summed E-state index contributed by atoms with van der Waals surface area (Å²) in [6.45, 7) is 5.17. The molecule has 0 saturated carbocycles. The number of carbonyl (C=O) groups excluding carboxylic acids is 2. The van der Waals surface area contributed by atoms with Gasteiger partial charge in [-0.05, 0) is 12.1 Å². The van der Waals surface area contributed by atoms with Crippen molar-refractivity contribution in [2.24, 2.45) is 11.8 Å². The average molecular weight is 446 g/mol. The monoisotopic (exact) mass is 446 g/mol. The van der Waals surface area contributed by atoms with Gasteiger partial charge >= 0.3 is 19.8 Å². The van der Waals surface area contributed by atoms with Gasteiger partial charge in [0.1, 0.15) is 5.52 Å². The molecule has 2 aromatic rings. The van der Waals surface area contributed by atoms with Crippen LogP contribution >= 0.6 is 19.2 Å². The predicted molar refractivity (Wildman–Crippen MR) is 106 cm³/mol. The van der Waals surface area contributed by atoms with E-state index in [0.29, 0.717) is 15.3 Å². The summed E-state index contributed by atoms with van der Waals surface area (Å²) in [5, 5.41) is 0.296. The van der Waals surface area contributed by atoms with Gasteiger partial charge in [-0.2, -0.15) is 0 Å². The number of phosphoric ester groups is 1. The fourth-order valence-corrected chi connectivity index (χ4v) is 3.54. The minimum absolute atomic E-state index is 0.0872. The Morgan fingerprint density at radius 1 is 1.07 bits per heavy atom. The number of phosphoric acid groups is 1. The lowest BCUT2D eigenvalue weighted by Gasteiger charge is -2.19. The van der Waals surface area contributed by atoms with Crippen molar-refractivity contribution in [3.05, 3.63) is 18.2 Å². The lowest BCUT2D eigenvalue weighted by molar-refractivity contribution is -0.157. The molecule has 0 aliphatic rings. The van der Waals surface area contributed by atoms with Crippen LogP contribution in [0.2, 0.25) is 0 Å². The summed E-state index contributed by atoms with van der Waals surface area (Å²) in [6.07, 6.45) is 0. The van der Waals surface area contributed by atoms with E-state index in [9.17, 15) is 14.2 Å². The van der Waals surface area contributed by atoms with E-state index in [-0.39, 0.29) is 5.75 Å². The summed E-state index contributed by atoms with van der Waals surface area (Å²) in [5.74, 6) is -1.84. The van der Waals surface area contributed by atoms with Crippen molar-refractivity contribution in [2.75, 3.05) is 19.3 Å². The summed E-state index contributed by atoms with van der Waals surface area (Å²) in [4.78, 5) is 27.3. The Hall–Kier alpha value is -2.20. The van der Waals surface area contributed by atoms with E-state index in [4.69, 9.17) is 28.8 Å². The van der Waals surface area contributed by atoms with Gasteiger partial charge in [-0.1, -0.05) is 45.1 Å². The molecule has 0 spiro atoms. The van der Waals surface area contributed by atoms with Gasteiger partial charge < -0.3 is 19.7 Å². The van der Waals surface area contributed by atoms with Gasteiger partial charge in [0.2, 0.25) is 13.6 Å². The SMILES string of the molecule is CC(C)C(=O)OCOP(=O)(OCOC(=O)C(C)C)Oc1cccc2sc(N)nc12. The molecule has 1 aromatic heterocycles. The fourth-order valence-electron chi connectivity index (χ4n) is 1.86.